The van der Waals surface area contributed by atoms with Gasteiger partial charge in [0.25, 0.3) is 0 Å². The summed E-state index contributed by atoms with van der Waals surface area (Å²) in [6.07, 6.45) is 1.45. The Labute approximate surface area is 201 Å². The highest BCUT2D eigenvalue weighted by Crippen LogP contribution is 2.39. The number of anilines is 1. The number of hydrogen-bond donors (Lipinski definition) is 1. The Kier molecular flexibility index (Phi) is 6.26. The highest BCUT2D eigenvalue weighted by atomic mass is 19.1. The maximum Gasteiger partial charge on any atom is 0.338 e. The Morgan fingerprint density at radius 1 is 1.06 bits per heavy atom. The molecule has 1 aliphatic heterocycles. The van der Waals surface area contributed by atoms with Gasteiger partial charge >= 0.3 is 5.97 Å². The number of rotatable bonds is 7. The van der Waals surface area contributed by atoms with Crippen molar-refractivity contribution in [3.8, 4) is 5.75 Å². The first kappa shape index (κ1) is 22.3. The molecule has 7 nitrogen and oxygen atoms in total. The summed E-state index contributed by atoms with van der Waals surface area (Å²) >= 11 is 0. The van der Waals surface area contributed by atoms with Crippen molar-refractivity contribution in [2.75, 3.05) is 11.9 Å². The first-order valence-electron chi connectivity index (χ1n) is 11.2. The summed E-state index contributed by atoms with van der Waals surface area (Å²) in [5.74, 6) is 0.386. The molecule has 4 aromatic rings. The Hall–Kier alpha value is -4.46. The number of nitrogens with zero attached hydrogens (tertiary/aromatic N) is 3. The van der Waals surface area contributed by atoms with Crippen LogP contribution in [0.2, 0.25) is 0 Å². The Morgan fingerprint density at radius 2 is 1.86 bits per heavy atom. The minimum atomic E-state index is -0.586. The number of carbonyl (C=O) groups is 1. The Bertz CT molecular complexity index is 1370. The van der Waals surface area contributed by atoms with Gasteiger partial charge in [0, 0.05) is 0 Å². The van der Waals surface area contributed by atoms with Crippen molar-refractivity contribution in [1.82, 2.24) is 14.8 Å². The molecule has 1 atom stereocenters. The Balaban J connectivity index is 1.56. The molecular weight excluding hydrogens is 447 g/mol. The van der Waals surface area contributed by atoms with Crippen LogP contribution in [-0.2, 0) is 16.1 Å². The second kappa shape index (κ2) is 9.80. The number of benzene rings is 3. The van der Waals surface area contributed by atoms with Gasteiger partial charge in [0.1, 0.15) is 30.5 Å². The summed E-state index contributed by atoms with van der Waals surface area (Å²) < 4.78 is 26.3. The summed E-state index contributed by atoms with van der Waals surface area (Å²) in [6, 6.07) is 22.6. The van der Waals surface area contributed by atoms with E-state index in [-0.39, 0.29) is 19.0 Å². The van der Waals surface area contributed by atoms with Crippen LogP contribution in [0.4, 0.5) is 10.3 Å². The monoisotopic (exact) mass is 470 g/mol. The van der Waals surface area contributed by atoms with Crippen molar-refractivity contribution in [2.24, 2.45) is 0 Å². The van der Waals surface area contributed by atoms with Crippen LogP contribution in [0.3, 0.4) is 0 Å². The van der Waals surface area contributed by atoms with E-state index in [1.165, 1.54) is 18.5 Å². The van der Waals surface area contributed by atoms with Gasteiger partial charge in [0.15, 0.2) is 0 Å². The maximum atomic E-state index is 13.3. The third-order valence-corrected chi connectivity index (χ3v) is 5.65. The quantitative estimate of drug-likeness (QED) is 0.384. The van der Waals surface area contributed by atoms with Crippen LogP contribution in [0, 0.1) is 5.82 Å². The molecule has 0 fully saturated rings. The van der Waals surface area contributed by atoms with Crippen LogP contribution in [0.25, 0.3) is 5.70 Å². The van der Waals surface area contributed by atoms with E-state index < -0.39 is 12.0 Å². The van der Waals surface area contributed by atoms with Crippen molar-refractivity contribution in [2.45, 2.75) is 19.6 Å². The van der Waals surface area contributed by atoms with Crippen molar-refractivity contribution >= 4 is 17.6 Å². The highest BCUT2D eigenvalue weighted by molar-refractivity contribution is 6.02. The van der Waals surface area contributed by atoms with Crippen LogP contribution in [0.1, 0.15) is 29.7 Å². The van der Waals surface area contributed by atoms with Crippen molar-refractivity contribution < 1.29 is 18.7 Å². The molecule has 0 saturated carbocycles. The van der Waals surface area contributed by atoms with Gasteiger partial charge in [-0.25, -0.2) is 13.9 Å². The number of halogens is 1. The van der Waals surface area contributed by atoms with E-state index in [2.05, 4.69) is 15.4 Å². The Morgan fingerprint density at radius 3 is 2.63 bits per heavy atom. The molecule has 0 bridgehead atoms. The first-order valence-corrected chi connectivity index (χ1v) is 11.2. The topological polar surface area (TPSA) is 78.3 Å². The normalized spacial score (nSPS) is 14.7. The minimum Gasteiger partial charge on any atom is -0.489 e. The number of ether oxygens (including phenoxy) is 2. The molecule has 1 N–H and O–H groups in total. The minimum absolute atomic E-state index is 0.238. The summed E-state index contributed by atoms with van der Waals surface area (Å²) in [6.45, 7) is 2.29. The van der Waals surface area contributed by atoms with Crippen LogP contribution in [-0.4, -0.2) is 27.3 Å². The average molecular weight is 471 g/mol. The van der Waals surface area contributed by atoms with Gasteiger partial charge in [-0.3, -0.25) is 0 Å². The molecule has 0 aliphatic carbocycles. The first-order chi connectivity index (χ1) is 17.1. The predicted octanol–water partition coefficient (Wildman–Crippen LogP) is 4.99. The molecular formula is C27H23FN4O3. The van der Waals surface area contributed by atoms with Crippen LogP contribution in [0.5, 0.6) is 5.75 Å². The summed E-state index contributed by atoms with van der Waals surface area (Å²) in [4.78, 5) is 17.6. The molecule has 1 aromatic heterocycles. The number of aromatic nitrogens is 3. The molecule has 0 amide bonds. The zero-order valence-corrected chi connectivity index (χ0v) is 19.0. The molecule has 3 aromatic carbocycles. The third kappa shape index (κ3) is 4.63. The van der Waals surface area contributed by atoms with Gasteiger partial charge < -0.3 is 14.8 Å². The highest BCUT2D eigenvalue weighted by Gasteiger charge is 2.36. The standard InChI is InChI=1S/C27H23FN4O3/c1-2-34-26(33)23-24(19-7-4-3-5-8-19)31-27-29-17-30-32(27)25(23)20-9-6-10-22(15-20)35-16-18-11-13-21(28)14-12-18/h3-15,17,25H,2,16H2,1H3,(H,29,30,31)/t25-/m1/s1. The number of carbonyl (C=O) groups excluding carboxylic acids is 1. The fourth-order valence-corrected chi connectivity index (χ4v) is 4.05. The van der Waals surface area contributed by atoms with Crippen LogP contribution < -0.4 is 10.1 Å². The second-order valence-corrected chi connectivity index (χ2v) is 7.92. The van der Waals surface area contributed by atoms with E-state index in [0.717, 1.165) is 16.7 Å². The molecule has 0 radical (unpaired) electrons. The maximum absolute atomic E-state index is 13.3. The van der Waals surface area contributed by atoms with E-state index in [4.69, 9.17) is 9.47 Å². The van der Waals surface area contributed by atoms with Gasteiger partial charge in [0.2, 0.25) is 5.95 Å². The lowest BCUT2D eigenvalue weighted by Gasteiger charge is -2.29. The van der Waals surface area contributed by atoms with Gasteiger partial charge in [-0.05, 0) is 47.9 Å². The average Bonchev–Trinajstić information content (AvgIpc) is 3.36. The molecule has 8 heteroatoms. The lowest BCUT2D eigenvalue weighted by atomic mass is 9.93. The number of nitrogens with one attached hydrogen (secondary N) is 1. The van der Waals surface area contributed by atoms with Gasteiger partial charge in [-0.2, -0.15) is 10.1 Å². The van der Waals surface area contributed by atoms with Gasteiger partial charge in [0.05, 0.1) is 17.9 Å². The number of fused-ring (bicyclic) bond motifs is 1. The molecule has 2 heterocycles. The van der Waals surface area contributed by atoms with Crippen LogP contribution in [0.15, 0.2) is 90.8 Å². The summed E-state index contributed by atoms with van der Waals surface area (Å²) in [7, 11) is 0. The summed E-state index contributed by atoms with van der Waals surface area (Å²) in [5.41, 5.74) is 3.50. The van der Waals surface area contributed by atoms with Crippen molar-refractivity contribution in [3.63, 3.8) is 0 Å². The molecule has 5 rings (SSSR count). The zero-order chi connectivity index (χ0) is 24.2. The number of hydrogen-bond acceptors (Lipinski definition) is 6. The van der Waals surface area contributed by atoms with E-state index in [0.29, 0.717) is 23.0 Å². The molecule has 176 valence electrons. The van der Waals surface area contributed by atoms with E-state index in [1.807, 2.05) is 54.6 Å². The van der Waals surface area contributed by atoms with Gasteiger partial charge in [-0.15, -0.1) is 0 Å². The zero-order valence-electron chi connectivity index (χ0n) is 19.0. The van der Waals surface area contributed by atoms with Gasteiger partial charge in [-0.1, -0.05) is 54.6 Å². The largest absolute Gasteiger partial charge is 0.489 e. The fraction of sp³-hybridized carbons (Fsp3) is 0.148. The lowest BCUT2D eigenvalue weighted by molar-refractivity contribution is -0.138. The molecule has 35 heavy (non-hydrogen) atoms. The van der Waals surface area contributed by atoms with Crippen molar-refractivity contribution in [3.05, 3.63) is 113 Å². The lowest BCUT2D eigenvalue weighted by Crippen LogP contribution is -2.30. The fourth-order valence-electron chi connectivity index (χ4n) is 4.05. The SMILES string of the molecule is CCOC(=O)C1=C(c2ccccc2)Nc2ncnn2[C@@H]1c1cccc(OCc2ccc(F)cc2)c1. The number of esters is 1. The van der Waals surface area contributed by atoms with E-state index in [1.54, 1.807) is 23.7 Å². The van der Waals surface area contributed by atoms with E-state index >= 15 is 0 Å². The molecule has 1 aliphatic rings. The predicted molar refractivity (Wildman–Crippen MR) is 129 cm³/mol. The van der Waals surface area contributed by atoms with E-state index in [9.17, 15) is 9.18 Å². The molecule has 0 saturated heterocycles. The molecule has 0 unspecified atom stereocenters. The third-order valence-electron chi connectivity index (χ3n) is 5.65. The van der Waals surface area contributed by atoms with Crippen molar-refractivity contribution in [1.29, 1.82) is 0 Å². The molecule has 0 spiro atoms. The van der Waals surface area contributed by atoms with Crippen LogP contribution >= 0.6 is 0 Å². The summed E-state index contributed by atoms with van der Waals surface area (Å²) in [5, 5.41) is 7.65. The second-order valence-electron chi connectivity index (χ2n) is 7.92. The smallest absolute Gasteiger partial charge is 0.338 e.